The molecular weight excluding hydrogens is 330 g/mol. The summed E-state index contributed by atoms with van der Waals surface area (Å²) in [6.45, 7) is 1.89. The van der Waals surface area contributed by atoms with Crippen molar-refractivity contribution in [3.05, 3.63) is 58.0 Å². The number of carbonyl (C=O) groups excluding carboxylic acids is 1. The van der Waals surface area contributed by atoms with Crippen molar-refractivity contribution in [3.8, 4) is 11.1 Å². The maximum absolute atomic E-state index is 13.5. The first-order valence-electron chi connectivity index (χ1n) is 8.02. The van der Waals surface area contributed by atoms with E-state index in [1.54, 1.807) is 4.57 Å². The Hall–Kier alpha value is -2.54. The van der Waals surface area contributed by atoms with Crippen molar-refractivity contribution in [3.63, 3.8) is 0 Å². The molecule has 2 aromatic rings. The van der Waals surface area contributed by atoms with Crippen molar-refractivity contribution >= 4 is 5.91 Å². The number of rotatable bonds is 4. The van der Waals surface area contributed by atoms with E-state index in [0.717, 1.165) is 31.0 Å². The maximum atomic E-state index is 13.5. The van der Waals surface area contributed by atoms with Gasteiger partial charge in [-0.05, 0) is 36.5 Å². The van der Waals surface area contributed by atoms with Crippen LogP contribution in [0.3, 0.4) is 0 Å². The van der Waals surface area contributed by atoms with Crippen molar-refractivity contribution in [2.24, 2.45) is 11.7 Å². The summed E-state index contributed by atoms with van der Waals surface area (Å²) < 4.78 is 34.1. The van der Waals surface area contributed by atoms with E-state index < -0.39 is 23.0 Å². The third-order valence-corrected chi connectivity index (χ3v) is 4.33. The van der Waals surface area contributed by atoms with Gasteiger partial charge < -0.3 is 15.0 Å². The number of primary amides is 1. The van der Waals surface area contributed by atoms with Crippen LogP contribution in [-0.2, 0) is 11.3 Å². The number of halogens is 2. The van der Waals surface area contributed by atoms with Crippen LogP contribution >= 0.6 is 0 Å². The first-order valence-corrected chi connectivity index (χ1v) is 8.02. The standard InChI is InChI=1S/C18H18F2N2O3/c19-13-5-12(6-14(20)7-13)15-9-22(8-11-1-3-25-4-2-11)10-16(17(15)23)18(21)24/h5-7,9-11H,1-4,8H2,(H2,21,24). The summed E-state index contributed by atoms with van der Waals surface area (Å²) in [4.78, 5) is 24.1. The zero-order valence-corrected chi connectivity index (χ0v) is 13.5. The van der Waals surface area contributed by atoms with Gasteiger partial charge in [0.25, 0.3) is 5.91 Å². The van der Waals surface area contributed by atoms with Crippen LogP contribution in [0.4, 0.5) is 8.78 Å². The quantitative estimate of drug-likeness (QED) is 0.921. The van der Waals surface area contributed by atoms with Crippen molar-refractivity contribution < 1.29 is 18.3 Å². The van der Waals surface area contributed by atoms with Gasteiger partial charge in [0.15, 0.2) is 0 Å². The fraction of sp³-hybridized carbons (Fsp3) is 0.333. The number of benzene rings is 1. The second-order valence-corrected chi connectivity index (χ2v) is 6.19. The Morgan fingerprint density at radius 3 is 2.40 bits per heavy atom. The highest BCUT2D eigenvalue weighted by atomic mass is 19.1. The average Bonchev–Trinajstić information content (AvgIpc) is 2.56. The molecule has 0 spiro atoms. The Morgan fingerprint density at radius 1 is 1.16 bits per heavy atom. The monoisotopic (exact) mass is 348 g/mol. The summed E-state index contributed by atoms with van der Waals surface area (Å²) in [5.41, 5.74) is 4.58. The number of pyridine rings is 1. The molecule has 5 nitrogen and oxygen atoms in total. The van der Waals surface area contributed by atoms with Crippen LogP contribution < -0.4 is 11.2 Å². The molecule has 1 fully saturated rings. The third kappa shape index (κ3) is 3.93. The van der Waals surface area contributed by atoms with Crippen molar-refractivity contribution in [1.82, 2.24) is 4.57 Å². The van der Waals surface area contributed by atoms with Gasteiger partial charge in [0.1, 0.15) is 17.2 Å². The number of nitrogens with zero attached hydrogens (tertiary/aromatic N) is 1. The molecule has 0 unspecified atom stereocenters. The molecule has 1 amide bonds. The molecule has 25 heavy (non-hydrogen) atoms. The normalized spacial score (nSPS) is 15.3. The molecule has 0 radical (unpaired) electrons. The number of carbonyl (C=O) groups is 1. The van der Waals surface area contributed by atoms with Gasteiger partial charge >= 0.3 is 0 Å². The molecule has 1 aliphatic heterocycles. The Bertz CT molecular complexity index is 838. The van der Waals surface area contributed by atoms with Gasteiger partial charge in [0, 0.05) is 43.8 Å². The molecule has 2 N–H and O–H groups in total. The highest BCUT2D eigenvalue weighted by Gasteiger charge is 2.18. The summed E-state index contributed by atoms with van der Waals surface area (Å²) in [7, 11) is 0. The Morgan fingerprint density at radius 2 is 1.80 bits per heavy atom. The van der Waals surface area contributed by atoms with Crippen molar-refractivity contribution in [2.45, 2.75) is 19.4 Å². The van der Waals surface area contributed by atoms with E-state index >= 15 is 0 Å². The minimum absolute atomic E-state index is 0.0433. The van der Waals surface area contributed by atoms with E-state index in [1.165, 1.54) is 12.4 Å². The number of aromatic nitrogens is 1. The van der Waals surface area contributed by atoms with Gasteiger partial charge in [-0.2, -0.15) is 0 Å². The highest BCUT2D eigenvalue weighted by Crippen LogP contribution is 2.21. The number of ether oxygens (including phenoxy) is 1. The Kier molecular flexibility index (Phi) is 4.94. The molecule has 1 aromatic carbocycles. The Balaban J connectivity index is 2.06. The van der Waals surface area contributed by atoms with Gasteiger partial charge in [-0.3, -0.25) is 9.59 Å². The summed E-state index contributed by atoms with van der Waals surface area (Å²) in [6.07, 6.45) is 4.64. The summed E-state index contributed by atoms with van der Waals surface area (Å²) in [5, 5.41) is 0. The lowest BCUT2D eigenvalue weighted by Gasteiger charge is -2.23. The van der Waals surface area contributed by atoms with E-state index in [2.05, 4.69) is 0 Å². The summed E-state index contributed by atoms with van der Waals surface area (Å²) in [5.74, 6) is -2.14. The smallest absolute Gasteiger partial charge is 0.254 e. The first-order chi connectivity index (χ1) is 11.9. The predicted molar refractivity (Wildman–Crippen MR) is 88.1 cm³/mol. The second-order valence-electron chi connectivity index (χ2n) is 6.19. The van der Waals surface area contributed by atoms with E-state index in [1.807, 2.05) is 0 Å². The number of amides is 1. The molecule has 1 aromatic heterocycles. The number of nitrogens with two attached hydrogens (primary N) is 1. The van der Waals surface area contributed by atoms with Crippen molar-refractivity contribution in [1.29, 1.82) is 0 Å². The lowest BCUT2D eigenvalue weighted by atomic mass is 9.99. The topological polar surface area (TPSA) is 74.3 Å². The van der Waals surface area contributed by atoms with Gasteiger partial charge in [0.05, 0.1) is 0 Å². The zero-order chi connectivity index (χ0) is 18.0. The third-order valence-electron chi connectivity index (χ3n) is 4.33. The second kappa shape index (κ2) is 7.14. The van der Waals surface area contributed by atoms with Crippen LogP contribution in [0.25, 0.3) is 11.1 Å². The lowest BCUT2D eigenvalue weighted by molar-refractivity contribution is 0.0612. The highest BCUT2D eigenvalue weighted by molar-refractivity contribution is 5.93. The molecule has 132 valence electrons. The minimum atomic E-state index is -0.871. The molecule has 7 heteroatoms. The van der Waals surface area contributed by atoms with E-state index in [-0.39, 0.29) is 16.7 Å². The molecule has 1 saturated heterocycles. The predicted octanol–water partition coefficient (Wildman–Crippen LogP) is 2.32. The van der Waals surface area contributed by atoms with E-state index in [4.69, 9.17) is 10.5 Å². The molecule has 0 atom stereocenters. The largest absolute Gasteiger partial charge is 0.381 e. The van der Waals surface area contributed by atoms with Gasteiger partial charge in [-0.25, -0.2) is 8.78 Å². The fourth-order valence-electron chi connectivity index (χ4n) is 3.05. The van der Waals surface area contributed by atoms with Gasteiger partial charge in [0.2, 0.25) is 5.43 Å². The van der Waals surface area contributed by atoms with Gasteiger partial charge in [-0.1, -0.05) is 0 Å². The number of hydrogen-bond donors (Lipinski definition) is 1. The molecule has 1 aliphatic rings. The van der Waals surface area contributed by atoms with Crippen LogP contribution in [0.5, 0.6) is 0 Å². The molecule has 0 aliphatic carbocycles. The maximum Gasteiger partial charge on any atom is 0.254 e. The zero-order valence-electron chi connectivity index (χ0n) is 13.5. The first kappa shape index (κ1) is 17.3. The Labute approximate surface area is 143 Å². The van der Waals surface area contributed by atoms with Crippen LogP contribution in [0.15, 0.2) is 35.4 Å². The summed E-state index contributed by atoms with van der Waals surface area (Å²) >= 11 is 0. The van der Waals surface area contributed by atoms with Crippen LogP contribution in [0.2, 0.25) is 0 Å². The van der Waals surface area contributed by atoms with Crippen LogP contribution in [-0.4, -0.2) is 23.7 Å². The molecule has 0 saturated carbocycles. The SMILES string of the molecule is NC(=O)c1cn(CC2CCOCC2)cc(-c2cc(F)cc(F)c2)c1=O. The van der Waals surface area contributed by atoms with E-state index in [9.17, 15) is 18.4 Å². The van der Waals surface area contributed by atoms with Crippen LogP contribution in [0.1, 0.15) is 23.2 Å². The van der Waals surface area contributed by atoms with Gasteiger partial charge in [-0.15, -0.1) is 0 Å². The van der Waals surface area contributed by atoms with Crippen molar-refractivity contribution in [2.75, 3.05) is 13.2 Å². The molecule has 2 heterocycles. The van der Waals surface area contributed by atoms with E-state index in [0.29, 0.717) is 25.7 Å². The molecule has 0 bridgehead atoms. The lowest BCUT2D eigenvalue weighted by Crippen LogP contribution is -2.27. The molecule has 3 rings (SSSR count). The average molecular weight is 348 g/mol. The summed E-state index contributed by atoms with van der Waals surface area (Å²) in [6, 6.07) is 2.84. The molecular formula is C18H18F2N2O3. The van der Waals surface area contributed by atoms with Crippen LogP contribution in [0, 0.1) is 17.6 Å². The fourth-order valence-corrected chi connectivity index (χ4v) is 3.05. The minimum Gasteiger partial charge on any atom is -0.381 e. The number of hydrogen-bond acceptors (Lipinski definition) is 3.